The van der Waals surface area contributed by atoms with Crippen molar-refractivity contribution >= 4 is 17.6 Å². The van der Waals surface area contributed by atoms with Crippen LogP contribution in [0.25, 0.3) is 0 Å². The number of hydrogen-bond donors (Lipinski definition) is 3. The number of hydrogen-bond acceptors (Lipinski definition) is 7. The molecule has 0 bridgehead atoms. The summed E-state index contributed by atoms with van der Waals surface area (Å²) in [6.45, 7) is 7.77. The number of anilines is 3. The average Bonchev–Trinajstić information content (AvgIpc) is 2.26. The molecule has 0 saturated carbocycles. The van der Waals surface area contributed by atoms with Crippen LogP contribution in [0.1, 0.15) is 13.8 Å². The van der Waals surface area contributed by atoms with Crippen LogP contribution in [0, 0.1) is 0 Å². The molecule has 19 heavy (non-hydrogen) atoms. The van der Waals surface area contributed by atoms with Gasteiger partial charge < -0.3 is 21.5 Å². The van der Waals surface area contributed by atoms with E-state index in [1.165, 1.54) is 0 Å². The summed E-state index contributed by atoms with van der Waals surface area (Å²) < 4.78 is 0. The Hall–Kier alpha value is -1.60. The fourth-order valence-electron chi connectivity index (χ4n) is 2.32. The van der Waals surface area contributed by atoms with Crippen LogP contribution in [0.3, 0.4) is 0 Å². The summed E-state index contributed by atoms with van der Waals surface area (Å²) >= 11 is 0. The van der Waals surface area contributed by atoms with E-state index in [0.29, 0.717) is 12.4 Å². The highest BCUT2D eigenvalue weighted by molar-refractivity contribution is 5.50. The maximum Gasteiger partial charge on any atom is 0.223 e. The van der Waals surface area contributed by atoms with Gasteiger partial charge in [0, 0.05) is 38.8 Å². The van der Waals surface area contributed by atoms with Crippen molar-refractivity contribution in [2.75, 3.05) is 49.1 Å². The average molecular weight is 266 g/mol. The lowest BCUT2D eigenvalue weighted by Gasteiger charge is -2.37. The summed E-state index contributed by atoms with van der Waals surface area (Å²) in [6, 6.07) is 1.74. The molecule has 1 fully saturated rings. The van der Waals surface area contributed by atoms with E-state index in [2.05, 4.69) is 19.8 Å². The van der Waals surface area contributed by atoms with Crippen LogP contribution in [0.2, 0.25) is 0 Å². The van der Waals surface area contributed by atoms with E-state index < -0.39 is 5.60 Å². The molecule has 106 valence electrons. The van der Waals surface area contributed by atoms with Gasteiger partial charge in [0.1, 0.15) is 11.6 Å². The maximum absolute atomic E-state index is 9.82. The zero-order chi connectivity index (χ0) is 14.0. The van der Waals surface area contributed by atoms with Crippen LogP contribution < -0.4 is 16.4 Å². The van der Waals surface area contributed by atoms with Gasteiger partial charge in [0.05, 0.1) is 5.60 Å². The minimum Gasteiger partial charge on any atom is -0.389 e. The summed E-state index contributed by atoms with van der Waals surface area (Å²) in [6.07, 6.45) is 0. The number of piperazine rings is 1. The van der Waals surface area contributed by atoms with E-state index in [1.54, 1.807) is 6.07 Å². The molecule has 1 saturated heterocycles. The standard InChI is InChI=1S/C12H22N6O/c1-12(2,19)8-17-3-5-18(6-4-17)10-7-9(13)15-11(14)16-10/h7,19H,3-6,8H2,1-2H3,(H4,13,14,15,16). The third kappa shape index (κ3) is 3.93. The summed E-state index contributed by atoms with van der Waals surface area (Å²) in [4.78, 5) is 12.4. The molecule has 1 aliphatic heterocycles. The molecule has 2 rings (SSSR count). The molecule has 7 nitrogen and oxygen atoms in total. The van der Waals surface area contributed by atoms with Gasteiger partial charge in [-0.25, -0.2) is 0 Å². The van der Waals surface area contributed by atoms with E-state index in [-0.39, 0.29) is 5.95 Å². The van der Waals surface area contributed by atoms with Gasteiger partial charge in [0.15, 0.2) is 0 Å². The molecule has 0 aliphatic carbocycles. The topological polar surface area (TPSA) is 105 Å². The van der Waals surface area contributed by atoms with Gasteiger partial charge in [-0.15, -0.1) is 0 Å². The lowest BCUT2D eigenvalue weighted by Crippen LogP contribution is -2.50. The number of rotatable bonds is 3. The van der Waals surface area contributed by atoms with Gasteiger partial charge in [0.25, 0.3) is 0 Å². The largest absolute Gasteiger partial charge is 0.389 e. The second-order valence-corrected chi connectivity index (χ2v) is 5.58. The Labute approximate surface area is 113 Å². The summed E-state index contributed by atoms with van der Waals surface area (Å²) in [5, 5.41) is 9.82. The van der Waals surface area contributed by atoms with Crippen molar-refractivity contribution in [1.82, 2.24) is 14.9 Å². The smallest absolute Gasteiger partial charge is 0.223 e. The second kappa shape index (κ2) is 5.18. The first kappa shape index (κ1) is 13.8. The molecule has 1 aliphatic rings. The van der Waals surface area contributed by atoms with Crippen molar-refractivity contribution in [2.24, 2.45) is 0 Å². The lowest BCUT2D eigenvalue weighted by molar-refractivity contribution is 0.0345. The molecule has 1 aromatic rings. The van der Waals surface area contributed by atoms with Crippen molar-refractivity contribution < 1.29 is 5.11 Å². The Bertz CT molecular complexity index is 416. The van der Waals surface area contributed by atoms with Crippen molar-refractivity contribution in [3.8, 4) is 0 Å². The Morgan fingerprint density at radius 2 is 1.84 bits per heavy atom. The van der Waals surface area contributed by atoms with Gasteiger partial charge in [-0.05, 0) is 13.8 Å². The van der Waals surface area contributed by atoms with Crippen molar-refractivity contribution in [2.45, 2.75) is 19.4 Å². The third-order valence-electron chi connectivity index (χ3n) is 3.06. The molecule has 0 unspecified atom stereocenters. The van der Waals surface area contributed by atoms with Crippen molar-refractivity contribution in [3.05, 3.63) is 6.07 Å². The van der Waals surface area contributed by atoms with Gasteiger partial charge in [0.2, 0.25) is 5.95 Å². The first-order valence-corrected chi connectivity index (χ1v) is 6.43. The van der Waals surface area contributed by atoms with E-state index in [1.807, 2.05) is 13.8 Å². The molecular formula is C12H22N6O. The highest BCUT2D eigenvalue weighted by Gasteiger charge is 2.23. The van der Waals surface area contributed by atoms with Crippen molar-refractivity contribution in [3.63, 3.8) is 0 Å². The Morgan fingerprint density at radius 3 is 2.37 bits per heavy atom. The highest BCUT2D eigenvalue weighted by atomic mass is 16.3. The van der Waals surface area contributed by atoms with Crippen molar-refractivity contribution in [1.29, 1.82) is 0 Å². The fraction of sp³-hybridized carbons (Fsp3) is 0.667. The number of nitrogens with two attached hydrogens (primary N) is 2. The summed E-state index contributed by atoms with van der Waals surface area (Å²) in [7, 11) is 0. The van der Waals surface area contributed by atoms with E-state index in [0.717, 1.165) is 32.0 Å². The van der Waals surface area contributed by atoms with Crippen LogP contribution in [0.4, 0.5) is 17.6 Å². The Morgan fingerprint density at radius 1 is 1.21 bits per heavy atom. The Balaban J connectivity index is 1.96. The first-order chi connectivity index (χ1) is 8.83. The van der Waals surface area contributed by atoms with Gasteiger partial charge in [-0.1, -0.05) is 0 Å². The molecule has 2 heterocycles. The van der Waals surface area contributed by atoms with Crippen LogP contribution in [-0.2, 0) is 0 Å². The van der Waals surface area contributed by atoms with Crippen LogP contribution in [-0.4, -0.2) is 58.3 Å². The first-order valence-electron chi connectivity index (χ1n) is 6.43. The van der Waals surface area contributed by atoms with Crippen LogP contribution in [0.5, 0.6) is 0 Å². The third-order valence-corrected chi connectivity index (χ3v) is 3.06. The van der Waals surface area contributed by atoms with Gasteiger partial charge in [-0.2, -0.15) is 9.97 Å². The monoisotopic (exact) mass is 266 g/mol. The molecule has 0 aromatic carbocycles. The number of aromatic nitrogens is 2. The number of aliphatic hydroxyl groups is 1. The highest BCUT2D eigenvalue weighted by Crippen LogP contribution is 2.17. The zero-order valence-corrected chi connectivity index (χ0v) is 11.5. The molecule has 0 atom stereocenters. The number of nitrogens with zero attached hydrogens (tertiary/aromatic N) is 4. The zero-order valence-electron chi connectivity index (χ0n) is 11.5. The van der Waals surface area contributed by atoms with E-state index in [9.17, 15) is 5.11 Å². The molecule has 0 radical (unpaired) electrons. The predicted octanol–water partition coefficient (Wildman–Crippen LogP) is -0.466. The number of β-amino-alcohol motifs (C(OH)–C–C–N with tert-alkyl or cyclic N) is 1. The van der Waals surface area contributed by atoms with Gasteiger partial charge in [-0.3, -0.25) is 4.90 Å². The second-order valence-electron chi connectivity index (χ2n) is 5.58. The number of nitrogen functional groups attached to an aromatic ring is 2. The molecule has 7 heteroatoms. The Kier molecular flexibility index (Phi) is 3.77. The minimum absolute atomic E-state index is 0.203. The van der Waals surface area contributed by atoms with E-state index in [4.69, 9.17) is 11.5 Å². The predicted molar refractivity (Wildman–Crippen MR) is 75.8 cm³/mol. The minimum atomic E-state index is -0.661. The normalized spacial score (nSPS) is 17.7. The molecule has 0 spiro atoms. The molecule has 5 N–H and O–H groups in total. The summed E-state index contributed by atoms with van der Waals surface area (Å²) in [5.41, 5.74) is 10.6. The lowest BCUT2D eigenvalue weighted by atomic mass is 10.1. The molecular weight excluding hydrogens is 244 g/mol. The molecule has 1 aromatic heterocycles. The van der Waals surface area contributed by atoms with Crippen LogP contribution in [0.15, 0.2) is 6.07 Å². The van der Waals surface area contributed by atoms with E-state index >= 15 is 0 Å². The SMILES string of the molecule is CC(C)(O)CN1CCN(c2cc(N)nc(N)n2)CC1. The van der Waals surface area contributed by atoms with Gasteiger partial charge >= 0.3 is 0 Å². The maximum atomic E-state index is 9.82. The summed E-state index contributed by atoms with van der Waals surface area (Å²) in [5.74, 6) is 1.36. The quantitative estimate of drug-likeness (QED) is 0.679. The van der Waals surface area contributed by atoms with Crippen LogP contribution >= 0.6 is 0 Å². The fourth-order valence-corrected chi connectivity index (χ4v) is 2.32. The molecule has 0 amide bonds.